The van der Waals surface area contributed by atoms with Crippen LogP contribution in [-0.4, -0.2) is 75.0 Å². The van der Waals surface area contributed by atoms with E-state index >= 15 is 0 Å². The number of rotatable bonds is 6. The fourth-order valence-corrected chi connectivity index (χ4v) is 7.04. The maximum atomic E-state index is 13.2. The van der Waals surface area contributed by atoms with E-state index in [4.69, 9.17) is 9.72 Å². The van der Waals surface area contributed by atoms with Gasteiger partial charge in [0.25, 0.3) is 5.56 Å². The number of benzene rings is 1. The number of aromatic nitrogens is 6. The van der Waals surface area contributed by atoms with E-state index in [0.29, 0.717) is 44.7 Å². The van der Waals surface area contributed by atoms with Crippen molar-refractivity contribution >= 4 is 28.1 Å². The predicted octanol–water partition coefficient (Wildman–Crippen LogP) is 2.46. The fraction of sp³-hybridized carbons (Fsp3) is 0.581. The van der Waals surface area contributed by atoms with Crippen molar-refractivity contribution in [3.63, 3.8) is 0 Å². The molecule has 0 bridgehead atoms. The number of ether oxygens (including phenoxy) is 1. The lowest BCUT2D eigenvalue weighted by atomic mass is 9.75. The van der Waals surface area contributed by atoms with Crippen LogP contribution in [0.2, 0.25) is 0 Å². The molecule has 0 aliphatic carbocycles. The van der Waals surface area contributed by atoms with E-state index in [1.807, 2.05) is 23.1 Å². The predicted molar refractivity (Wildman–Crippen MR) is 162 cm³/mol. The first kappa shape index (κ1) is 29.3. The number of carbonyl (C=O) groups excluding carboxylic acids is 1. The average molecular weight is 592 g/mol. The molecule has 2 fully saturated rings. The summed E-state index contributed by atoms with van der Waals surface area (Å²) in [4.78, 5) is 49.6. The van der Waals surface area contributed by atoms with Gasteiger partial charge >= 0.3 is 5.69 Å². The van der Waals surface area contributed by atoms with Crippen molar-refractivity contribution in [1.82, 2.24) is 33.1 Å². The van der Waals surface area contributed by atoms with Crippen molar-refractivity contribution in [2.75, 3.05) is 19.7 Å². The molecule has 1 amide bonds. The summed E-state index contributed by atoms with van der Waals surface area (Å²) in [6.45, 7) is 8.12. The molecular weight excluding hydrogens is 550 g/mol. The number of aryl methyl sites for hydroxylation is 2. The number of nitrogens with zero attached hydrogens (tertiary/aromatic N) is 7. The van der Waals surface area contributed by atoms with E-state index in [2.05, 4.69) is 29.5 Å². The van der Waals surface area contributed by atoms with Crippen LogP contribution in [0.3, 0.4) is 0 Å². The lowest BCUT2D eigenvalue weighted by molar-refractivity contribution is -0.196. The monoisotopic (exact) mass is 591 g/mol. The normalized spacial score (nSPS) is 22.3. The molecule has 5 heterocycles. The summed E-state index contributed by atoms with van der Waals surface area (Å²) in [5.41, 5.74) is -0.0286. The number of para-hydroxylation sites is 2. The van der Waals surface area contributed by atoms with Crippen molar-refractivity contribution in [1.29, 1.82) is 0 Å². The van der Waals surface area contributed by atoms with Crippen LogP contribution < -0.4 is 11.2 Å². The Morgan fingerprint density at radius 1 is 1.14 bits per heavy atom. The molecule has 0 radical (unpaired) electrons. The topological polar surface area (TPSA) is 129 Å². The second kappa shape index (κ2) is 10.7. The molecule has 2 aliphatic heterocycles. The Morgan fingerprint density at radius 2 is 1.86 bits per heavy atom. The van der Waals surface area contributed by atoms with Crippen molar-refractivity contribution in [2.24, 2.45) is 14.1 Å². The molecule has 4 aromatic rings. The van der Waals surface area contributed by atoms with Gasteiger partial charge in [0.15, 0.2) is 11.2 Å². The van der Waals surface area contributed by atoms with Gasteiger partial charge in [-0.25, -0.2) is 14.8 Å². The third-order valence-electron chi connectivity index (χ3n) is 9.45. The van der Waals surface area contributed by atoms with Gasteiger partial charge in [-0.3, -0.25) is 18.7 Å². The standard InChI is InChI=1S/C31H41N7O5/c1-20(2)26-33-21-9-6-7-10-22(21)37(26)14-8-11-24(39)36-15-12-31(13-16-36)18-30(3,42)23(17-43-31)38-19-32-27-25(38)28(40)35(5)29(41)34(27)4/h6-7,9-10,19-20,23,42H,8,11-18H2,1-5H3/t23-,30-/m1/s1. The van der Waals surface area contributed by atoms with E-state index in [9.17, 15) is 19.5 Å². The van der Waals surface area contributed by atoms with Gasteiger partial charge in [-0.05, 0) is 38.3 Å². The van der Waals surface area contributed by atoms with Gasteiger partial charge in [0.1, 0.15) is 5.82 Å². The summed E-state index contributed by atoms with van der Waals surface area (Å²) in [7, 11) is 3.01. The highest BCUT2D eigenvalue weighted by molar-refractivity contribution is 5.77. The highest BCUT2D eigenvalue weighted by atomic mass is 16.5. The number of likely N-dealkylation sites (tertiary alicyclic amines) is 1. The van der Waals surface area contributed by atoms with E-state index in [0.717, 1.165) is 34.4 Å². The van der Waals surface area contributed by atoms with E-state index in [1.54, 1.807) is 18.5 Å². The highest BCUT2D eigenvalue weighted by Gasteiger charge is 2.50. The van der Waals surface area contributed by atoms with Crippen LogP contribution in [-0.2, 0) is 30.2 Å². The lowest BCUT2D eigenvalue weighted by Crippen LogP contribution is -2.58. The Morgan fingerprint density at radius 3 is 2.56 bits per heavy atom. The van der Waals surface area contributed by atoms with Crippen LogP contribution in [0.4, 0.5) is 0 Å². The Hall–Kier alpha value is -3.77. The number of fused-ring (bicyclic) bond motifs is 2. The molecular formula is C31H41N7O5. The summed E-state index contributed by atoms with van der Waals surface area (Å²) >= 11 is 0. The number of piperidine rings is 1. The Kier molecular flexibility index (Phi) is 7.32. The van der Waals surface area contributed by atoms with E-state index in [1.165, 1.54) is 17.9 Å². The molecule has 2 atom stereocenters. The van der Waals surface area contributed by atoms with Crippen LogP contribution in [0.5, 0.6) is 0 Å². The van der Waals surface area contributed by atoms with Crippen LogP contribution in [0.1, 0.15) is 70.7 Å². The van der Waals surface area contributed by atoms with Gasteiger partial charge in [0, 0.05) is 52.5 Å². The number of imidazole rings is 2. The van der Waals surface area contributed by atoms with Crippen LogP contribution in [0, 0.1) is 0 Å². The summed E-state index contributed by atoms with van der Waals surface area (Å²) in [5.74, 6) is 1.47. The number of amides is 1. The molecule has 0 unspecified atom stereocenters. The minimum Gasteiger partial charge on any atom is -0.388 e. The molecule has 1 spiro atoms. The number of hydrogen-bond donors (Lipinski definition) is 1. The van der Waals surface area contributed by atoms with Gasteiger partial charge in [0.2, 0.25) is 5.91 Å². The Balaban J connectivity index is 1.09. The van der Waals surface area contributed by atoms with Gasteiger partial charge < -0.3 is 23.9 Å². The first-order valence-corrected chi connectivity index (χ1v) is 15.1. The number of carbonyl (C=O) groups is 1. The minimum absolute atomic E-state index is 0.136. The van der Waals surface area contributed by atoms with Crippen LogP contribution in [0.25, 0.3) is 22.2 Å². The quantitative estimate of drug-likeness (QED) is 0.365. The van der Waals surface area contributed by atoms with Crippen molar-refractivity contribution in [3.8, 4) is 0 Å². The van der Waals surface area contributed by atoms with Crippen molar-refractivity contribution < 1.29 is 14.6 Å². The fourth-order valence-electron chi connectivity index (χ4n) is 7.04. The number of hydrogen-bond acceptors (Lipinski definition) is 7. The summed E-state index contributed by atoms with van der Waals surface area (Å²) in [6.07, 6.45) is 4.33. The molecule has 1 N–H and O–H groups in total. The van der Waals surface area contributed by atoms with Gasteiger partial charge in [-0.2, -0.15) is 0 Å². The maximum Gasteiger partial charge on any atom is 0.332 e. The van der Waals surface area contributed by atoms with Crippen molar-refractivity contribution in [3.05, 3.63) is 57.3 Å². The summed E-state index contributed by atoms with van der Waals surface area (Å²) in [5, 5.41) is 11.7. The van der Waals surface area contributed by atoms with Gasteiger partial charge in [-0.15, -0.1) is 0 Å². The average Bonchev–Trinajstić information content (AvgIpc) is 3.57. The third-order valence-corrected chi connectivity index (χ3v) is 9.45. The zero-order valence-electron chi connectivity index (χ0n) is 25.6. The molecule has 12 heteroatoms. The largest absolute Gasteiger partial charge is 0.388 e. The molecule has 2 aliphatic rings. The zero-order chi connectivity index (χ0) is 30.7. The van der Waals surface area contributed by atoms with Crippen LogP contribution >= 0.6 is 0 Å². The zero-order valence-corrected chi connectivity index (χ0v) is 25.6. The molecule has 3 aromatic heterocycles. The number of aliphatic hydroxyl groups is 1. The highest BCUT2D eigenvalue weighted by Crippen LogP contribution is 2.44. The van der Waals surface area contributed by atoms with Gasteiger partial charge in [0.05, 0.1) is 41.2 Å². The molecule has 6 rings (SSSR count). The second-order valence-electron chi connectivity index (χ2n) is 12.8. The smallest absolute Gasteiger partial charge is 0.332 e. The molecule has 2 saturated heterocycles. The van der Waals surface area contributed by atoms with Crippen molar-refractivity contribution in [2.45, 2.75) is 82.6 Å². The van der Waals surface area contributed by atoms with E-state index in [-0.39, 0.29) is 23.7 Å². The third kappa shape index (κ3) is 5.00. The molecule has 12 nitrogen and oxygen atoms in total. The minimum atomic E-state index is -1.19. The molecule has 1 aromatic carbocycles. The summed E-state index contributed by atoms with van der Waals surface area (Å²) < 4.78 is 12.7. The lowest BCUT2D eigenvalue weighted by Gasteiger charge is -2.51. The van der Waals surface area contributed by atoms with Crippen LogP contribution in [0.15, 0.2) is 40.2 Å². The van der Waals surface area contributed by atoms with E-state index < -0.39 is 28.5 Å². The summed E-state index contributed by atoms with van der Waals surface area (Å²) in [6, 6.07) is 7.58. The first-order valence-electron chi connectivity index (χ1n) is 15.1. The van der Waals surface area contributed by atoms with Gasteiger partial charge in [-0.1, -0.05) is 26.0 Å². The Labute approximate surface area is 249 Å². The molecule has 0 saturated carbocycles. The molecule has 43 heavy (non-hydrogen) atoms. The first-order chi connectivity index (χ1) is 20.4. The Bertz CT molecular complexity index is 1800. The SMILES string of the molecule is CC(C)c1nc2ccccc2n1CCCC(=O)N1CCC2(CC1)C[C@@](C)(O)[C@H](n1cnc3c1c(=O)n(C)c(=O)n3C)CO2. The maximum absolute atomic E-state index is 13.2. The second-order valence-corrected chi connectivity index (χ2v) is 12.8. The molecule has 230 valence electrons.